The molecule has 0 aliphatic heterocycles. The minimum atomic E-state index is -0.272. The van der Waals surface area contributed by atoms with Crippen LogP contribution >= 0.6 is 23.2 Å². The van der Waals surface area contributed by atoms with E-state index in [0.717, 1.165) is 5.56 Å². The van der Waals surface area contributed by atoms with E-state index in [9.17, 15) is 4.79 Å². The number of nitrogens with one attached hydrogen (secondary N) is 1. The van der Waals surface area contributed by atoms with Crippen molar-refractivity contribution in [1.82, 2.24) is 4.98 Å². The third-order valence-electron chi connectivity index (χ3n) is 2.43. The number of amides is 1. The van der Waals surface area contributed by atoms with Crippen molar-refractivity contribution in [3.05, 3.63) is 57.8 Å². The Morgan fingerprint density at radius 1 is 1.22 bits per heavy atom. The summed E-state index contributed by atoms with van der Waals surface area (Å²) in [6.07, 6.45) is 1.42. The minimum Gasteiger partial charge on any atom is -0.321 e. The Bertz CT molecular complexity index is 582. The molecule has 5 heteroatoms. The van der Waals surface area contributed by atoms with Crippen molar-refractivity contribution in [2.45, 2.75) is 6.92 Å². The highest BCUT2D eigenvalue weighted by Gasteiger charge is 2.09. The smallest absolute Gasteiger partial charge is 0.257 e. The van der Waals surface area contributed by atoms with Gasteiger partial charge in [-0.25, -0.2) is 4.98 Å². The molecule has 0 radical (unpaired) electrons. The molecule has 0 saturated carbocycles. The molecule has 1 aromatic carbocycles. The predicted octanol–water partition coefficient (Wildman–Crippen LogP) is 3.95. The number of carbonyl (C=O) groups excluding carboxylic acids is 1. The molecule has 1 heterocycles. The first-order chi connectivity index (χ1) is 8.58. The topological polar surface area (TPSA) is 42.0 Å². The zero-order chi connectivity index (χ0) is 13.1. The van der Waals surface area contributed by atoms with Crippen LogP contribution in [0.2, 0.25) is 10.2 Å². The number of pyridine rings is 1. The molecule has 2 rings (SSSR count). The number of benzene rings is 1. The first kappa shape index (κ1) is 12.9. The van der Waals surface area contributed by atoms with Crippen molar-refractivity contribution < 1.29 is 4.79 Å². The second-order valence-corrected chi connectivity index (χ2v) is 4.53. The molecule has 0 unspecified atom stereocenters. The van der Waals surface area contributed by atoms with Crippen molar-refractivity contribution in [3.8, 4) is 0 Å². The fourth-order valence-electron chi connectivity index (χ4n) is 1.45. The van der Waals surface area contributed by atoms with Crippen LogP contribution in [0.15, 0.2) is 36.5 Å². The van der Waals surface area contributed by atoms with Crippen molar-refractivity contribution in [1.29, 1.82) is 0 Å². The molecule has 2 aromatic rings. The Hall–Kier alpha value is -1.58. The molecular weight excluding hydrogens is 271 g/mol. The molecule has 0 saturated heterocycles. The molecule has 3 nitrogen and oxygen atoms in total. The third-order valence-corrected chi connectivity index (χ3v) is 3.15. The standard InChI is InChI=1S/C13H10Cl2N2O/c1-8-3-2-4-10(12(8)15)17-13(18)9-5-6-11(14)16-7-9/h2-7H,1H3,(H,17,18). The van der Waals surface area contributed by atoms with E-state index in [0.29, 0.717) is 21.4 Å². The van der Waals surface area contributed by atoms with E-state index in [1.165, 1.54) is 6.20 Å². The number of rotatable bonds is 2. The van der Waals surface area contributed by atoms with Crippen LogP contribution in [0, 0.1) is 6.92 Å². The highest BCUT2D eigenvalue weighted by atomic mass is 35.5. The van der Waals surface area contributed by atoms with Gasteiger partial charge in [0.1, 0.15) is 5.15 Å². The number of hydrogen-bond donors (Lipinski definition) is 1. The summed E-state index contributed by atoms with van der Waals surface area (Å²) in [6.45, 7) is 1.88. The summed E-state index contributed by atoms with van der Waals surface area (Å²) in [4.78, 5) is 15.8. The predicted molar refractivity (Wildman–Crippen MR) is 73.4 cm³/mol. The van der Waals surface area contributed by atoms with Gasteiger partial charge in [-0.05, 0) is 30.7 Å². The Morgan fingerprint density at radius 3 is 2.67 bits per heavy atom. The lowest BCUT2D eigenvalue weighted by Gasteiger charge is -2.08. The Balaban J connectivity index is 2.21. The van der Waals surface area contributed by atoms with Crippen LogP contribution in [0.5, 0.6) is 0 Å². The second kappa shape index (κ2) is 5.38. The number of halogens is 2. The molecule has 92 valence electrons. The summed E-state index contributed by atoms with van der Waals surface area (Å²) in [6, 6.07) is 8.62. The van der Waals surface area contributed by atoms with Crippen LogP contribution in [0.3, 0.4) is 0 Å². The van der Waals surface area contributed by atoms with Gasteiger partial charge in [-0.2, -0.15) is 0 Å². The van der Waals surface area contributed by atoms with E-state index >= 15 is 0 Å². The highest BCUT2D eigenvalue weighted by molar-refractivity contribution is 6.34. The van der Waals surface area contributed by atoms with Crippen LogP contribution in [-0.2, 0) is 0 Å². The van der Waals surface area contributed by atoms with Crippen LogP contribution in [0.25, 0.3) is 0 Å². The lowest BCUT2D eigenvalue weighted by atomic mass is 10.2. The number of carbonyl (C=O) groups is 1. The van der Waals surface area contributed by atoms with Gasteiger partial charge in [-0.1, -0.05) is 35.3 Å². The van der Waals surface area contributed by atoms with E-state index in [1.54, 1.807) is 18.2 Å². The fraction of sp³-hybridized carbons (Fsp3) is 0.0769. The maximum Gasteiger partial charge on any atom is 0.257 e. The van der Waals surface area contributed by atoms with Crippen molar-refractivity contribution in [3.63, 3.8) is 0 Å². The van der Waals surface area contributed by atoms with Crippen molar-refractivity contribution in [2.75, 3.05) is 5.32 Å². The van der Waals surface area contributed by atoms with Gasteiger partial charge >= 0.3 is 0 Å². The lowest BCUT2D eigenvalue weighted by Crippen LogP contribution is -2.12. The highest BCUT2D eigenvalue weighted by Crippen LogP contribution is 2.25. The van der Waals surface area contributed by atoms with E-state index < -0.39 is 0 Å². The monoisotopic (exact) mass is 280 g/mol. The number of aromatic nitrogens is 1. The van der Waals surface area contributed by atoms with Gasteiger partial charge in [0.05, 0.1) is 16.3 Å². The van der Waals surface area contributed by atoms with E-state index in [1.807, 2.05) is 19.1 Å². The average Bonchev–Trinajstić information content (AvgIpc) is 2.36. The average molecular weight is 281 g/mol. The molecule has 0 aliphatic carbocycles. The van der Waals surface area contributed by atoms with Crippen molar-refractivity contribution >= 4 is 34.8 Å². The summed E-state index contributed by atoms with van der Waals surface area (Å²) in [5, 5.41) is 3.62. The molecule has 0 aliphatic rings. The third kappa shape index (κ3) is 2.81. The van der Waals surface area contributed by atoms with E-state index in [4.69, 9.17) is 23.2 Å². The van der Waals surface area contributed by atoms with Gasteiger partial charge in [-0.15, -0.1) is 0 Å². The molecule has 1 N–H and O–H groups in total. The second-order valence-electron chi connectivity index (χ2n) is 3.76. The van der Waals surface area contributed by atoms with Crippen molar-refractivity contribution in [2.24, 2.45) is 0 Å². The maximum absolute atomic E-state index is 11.9. The molecule has 0 fully saturated rings. The largest absolute Gasteiger partial charge is 0.321 e. The molecular formula is C13H10Cl2N2O. The van der Waals surface area contributed by atoms with Gasteiger partial charge < -0.3 is 5.32 Å². The normalized spacial score (nSPS) is 10.2. The summed E-state index contributed by atoms with van der Waals surface area (Å²) >= 11 is 11.8. The summed E-state index contributed by atoms with van der Waals surface area (Å²) in [7, 11) is 0. The first-order valence-corrected chi connectivity index (χ1v) is 6.01. The zero-order valence-corrected chi connectivity index (χ0v) is 11.1. The van der Waals surface area contributed by atoms with Gasteiger partial charge in [0.2, 0.25) is 0 Å². The van der Waals surface area contributed by atoms with Gasteiger partial charge in [0.25, 0.3) is 5.91 Å². The van der Waals surface area contributed by atoms with Crippen LogP contribution in [-0.4, -0.2) is 10.9 Å². The Kier molecular flexibility index (Phi) is 3.84. The SMILES string of the molecule is Cc1cccc(NC(=O)c2ccc(Cl)nc2)c1Cl. The quantitative estimate of drug-likeness (QED) is 0.847. The number of hydrogen-bond acceptors (Lipinski definition) is 2. The van der Waals surface area contributed by atoms with Gasteiger partial charge in [-0.3, -0.25) is 4.79 Å². The number of aryl methyl sites for hydroxylation is 1. The van der Waals surface area contributed by atoms with Gasteiger partial charge in [0, 0.05) is 6.20 Å². The molecule has 0 spiro atoms. The summed E-state index contributed by atoms with van der Waals surface area (Å²) in [5.41, 5.74) is 1.91. The van der Waals surface area contributed by atoms with E-state index in [-0.39, 0.29) is 5.91 Å². The van der Waals surface area contributed by atoms with Crippen LogP contribution in [0.4, 0.5) is 5.69 Å². The number of nitrogens with zero attached hydrogens (tertiary/aromatic N) is 1. The van der Waals surface area contributed by atoms with Crippen LogP contribution < -0.4 is 5.32 Å². The lowest BCUT2D eigenvalue weighted by molar-refractivity contribution is 0.102. The van der Waals surface area contributed by atoms with Crippen LogP contribution in [0.1, 0.15) is 15.9 Å². The molecule has 0 atom stereocenters. The van der Waals surface area contributed by atoms with Gasteiger partial charge in [0.15, 0.2) is 0 Å². The maximum atomic E-state index is 11.9. The fourth-order valence-corrected chi connectivity index (χ4v) is 1.73. The summed E-state index contributed by atoms with van der Waals surface area (Å²) < 4.78 is 0. The first-order valence-electron chi connectivity index (χ1n) is 5.26. The Morgan fingerprint density at radius 2 is 2.00 bits per heavy atom. The minimum absolute atomic E-state index is 0.272. The molecule has 1 aromatic heterocycles. The van der Waals surface area contributed by atoms with E-state index in [2.05, 4.69) is 10.3 Å². The number of anilines is 1. The molecule has 18 heavy (non-hydrogen) atoms. The molecule has 0 bridgehead atoms. The molecule has 1 amide bonds. The summed E-state index contributed by atoms with van der Waals surface area (Å²) in [5.74, 6) is -0.272. The zero-order valence-electron chi connectivity index (χ0n) is 9.58. The Labute approximate surface area is 115 Å².